The van der Waals surface area contributed by atoms with Gasteiger partial charge in [0, 0.05) is 90.0 Å². The minimum absolute atomic E-state index is 0.189. The number of H-pyrrole nitrogens is 1. The largest absolute Gasteiger partial charge is 0.361 e. The summed E-state index contributed by atoms with van der Waals surface area (Å²) in [5.41, 5.74) is 8.26. The van der Waals surface area contributed by atoms with Crippen LogP contribution in [-0.4, -0.2) is 35.8 Å². The summed E-state index contributed by atoms with van der Waals surface area (Å²) in [7, 11) is 0. The van der Waals surface area contributed by atoms with E-state index in [9.17, 15) is 22.8 Å². The van der Waals surface area contributed by atoms with E-state index in [4.69, 9.17) is 11.6 Å². The molecule has 0 saturated carbocycles. The second-order valence-corrected chi connectivity index (χ2v) is 16.1. The van der Waals surface area contributed by atoms with E-state index < -0.39 is 11.7 Å². The van der Waals surface area contributed by atoms with Gasteiger partial charge in [0.15, 0.2) is 0 Å². The third kappa shape index (κ3) is 14.2. The van der Waals surface area contributed by atoms with Crippen molar-refractivity contribution in [3.63, 3.8) is 0 Å². The number of para-hydroxylation sites is 3. The Kier molecular flexibility index (Phi) is 17.6. The standard InChI is InChI=1S/C22H16FN3O2.C15H12FN.C8H7N.C7H6ClF.C6H7N/c23-16-7-5-15(6-8-16)13-26-14-19(18-3-1-2-4-20(18)26)21(27)22(28)25-17-9-11-24-12-10-17;16-14-7-5-12(6-8-14)11-17-10-9-13-3-1-2-4-15(13)17;1-2-4-8-7(3-1)5-6-9-8;8-5-6-1-3-7(9)4-2-6;1-6-2-4-7-5-3-6/h1-12,14H,13H2,(H,24,25,28);1-10H,11H2;1-6,9H;1-4H,5H2;2-5H,1H3. The number of alkyl halides is 1. The van der Waals surface area contributed by atoms with Gasteiger partial charge in [0.05, 0.1) is 5.56 Å². The van der Waals surface area contributed by atoms with Gasteiger partial charge in [-0.1, -0.05) is 91.0 Å². The summed E-state index contributed by atoms with van der Waals surface area (Å²) < 4.78 is 42.2. The summed E-state index contributed by atoms with van der Waals surface area (Å²) >= 11 is 5.46. The van der Waals surface area contributed by atoms with Gasteiger partial charge in [-0.05, 0) is 131 Å². The lowest BCUT2D eigenvalue weighted by atomic mass is 10.1. The predicted molar refractivity (Wildman–Crippen MR) is 275 cm³/mol. The average molecular weight is 954 g/mol. The zero-order chi connectivity index (χ0) is 49.1. The number of carbonyl (C=O) groups is 2. The Labute approximate surface area is 408 Å². The lowest BCUT2D eigenvalue weighted by molar-refractivity contribution is -0.112. The van der Waals surface area contributed by atoms with E-state index >= 15 is 0 Å². The van der Waals surface area contributed by atoms with Crippen LogP contribution in [0.25, 0.3) is 32.7 Å². The number of aryl methyl sites for hydroxylation is 1. The molecule has 0 aliphatic carbocycles. The predicted octanol–water partition coefficient (Wildman–Crippen LogP) is 14.0. The Morgan fingerprint density at radius 1 is 0.557 bits per heavy atom. The van der Waals surface area contributed by atoms with Crippen LogP contribution in [-0.2, 0) is 23.8 Å². The maximum absolute atomic E-state index is 13.2. The number of aromatic nitrogens is 5. The van der Waals surface area contributed by atoms with Crippen LogP contribution in [0.3, 0.4) is 0 Å². The Bertz CT molecular complexity index is 3330. The fourth-order valence-electron chi connectivity index (χ4n) is 7.15. The molecule has 0 bridgehead atoms. The number of hydrogen-bond acceptors (Lipinski definition) is 4. The molecule has 350 valence electrons. The van der Waals surface area contributed by atoms with Crippen molar-refractivity contribution in [1.82, 2.24) is 24.1 Å². The Hall–Kier alpha value is -8.54. The van der Waals surface area contributed by atoms with E-state index in [1.54, 1.807) is 55.0 Å². The van der Waals surface area contributed by atoms with Gasteiger partial charge < -0.3 is 19.4 Å². The van der Waals surface area contributed by atoms with Crippen LogP contribution in [0.2, 0.25) is 0 Å². The number of nitrogens with zero attached hydrogens (tertiary/aromatic N) is 4. The lowest BCUT2D eigenvalue weighted by Gasteiger charge is -2.05. The quantitative estimate of drug-likeness (QED) is 0.0901. The summed E-state index contributed by atoms with van der Waals surface area (Å²) in [5.74, 6) is -1.60. The van der Waals surface area contributed by atoms with Crippen LogP contribution in [0.15, 0.2) is 225 Å². The molecule has 0 aliphatic heterocycles. The van der Waals surface area contributed by atoms with Gasteiger partial charge in [-0.2, -0.15) is 0 Å². The summed E-state index contributed by atoms with van der Waals surface area (Å²) in [4.78, 5) is 36.1. The number of hydrogen-bond donors (Lipinski definition) is 2. The summed E-state index contributed by atoms with van der Waals surface area (Å²) in [6.45, 7) is 3.27. The fourth-order valence-corrected chi connectivity index (χ4v) is 7.33. The maximum atomic E-state index is 13.2. The SMILES string of the molecule is Cc1ccncc1.Fc1ccc(CCl)cc1.Fc1ccc(Cn2ccc3ccccc32)cc1.O=C(Nc1ccncc1)C(=O)c1cn(Cc2ccc(F)cc2)c2ccccc12.c1ccc2[nH]ccc2c1. The number of halogens is 4. The Morgan fingerprint density at radius 3 is 1.64 bits per heavy atom. The molecule has 12 heteroatoms. The third-order valence-electron chi connectivity index (χ3n) is 10.8. The van der Waals surface area contributed by atoms with Crippen molar-refractivity contribution in [3.8, 4) is 0 Å². The fraction of sp³-hybridized carbons (Fsp3) is 0.0690. The molecule has 0 unspecified atom stereocenters. The third-order valence-corrected chi connectivity index (χ3v) is 11.1. The number of benzene rings is 6. The van der Waals surface area contributed by atoms with Gasteiger partial charge in [0.1, 0.15) is 17.5 Å². The van der Waals surface area contributed by atoms with Gasteiger partial charge in [-0.3, -0.25) is 19.6 Å². The van der Waals surface area contributed by atoms with Crippen molar-refractivity contribution in [1.29, 1.82) is 0 Å². The molecule has 5 aromatic heterocycles. The molecule has 0 spiro atoms. The summed E-state index contributed by atoms with van der Waals surface area (Å²) in [6, 6.07) is 54.2. The molecule has 2 N–H and O–H groups in total. The number of fused-ring (bicyclic) bond motifs is 3. The van der Waals surface area contributed by atoms with E-state index in [2.05, 4.69) is 67.4 Å². The van der Waals surface area contributed by atoms with Gasteiger partial charge in [0.2, 0.25) is 0 Å². The lowest BCUT2D eigenvalue weighted by Crippen LogP contribution is -2.22. The number of aromatic amines is 1. The van der Waals surface area contributed by atoms with Crippen molar-refractivity contribution in [2.45, 2.75) is 25.9 Å². The van der Waals surface area contributed by atoms with Crippen LogP contribution in [0.4, 0.5) is 18.9 Å². The number of ketones is 1. The molecule has 0 saturated heterocycles. The van der Waals surface area contributed by atoms with Gasteiger partial charge in [-0.15, -0.1) is 11.6 Å². The number of nitrogens with one attached hydrogen (secondary N) is 2. The summed E-state index contributed by atoms with van der Waals surface area (Å²) in [6.07, 6.45) is 12.3. The smallest absolute Gasteiger partial charge is 0.296 e. The molecule has 8 nitrogen and oxygen atoms in total. The highest BCUT2D eigenvalue weighted by Crippen LogP contribution is 2.24. The van der Waals surface area contributed by atoms with Crippen molar-refractivity contribution in [2.24, 2.45) is 0 Å². The maximum Gasteiger partial charge on any atom is 0.296 e. The highest BCUT2D eigenvalue weighted by atomic mass is 35.5. The molecule has 5 heterocycles. The van der Waals surface area contributed by atoms with Crippen LogP contribution < -0.4 is 5.32 Å². The van der Waals surface area contributed by atoms with E-state index in [0.29, 0.717) is 29.1 Å². The van der Waals surface area contributed by atoms with Crippen LogP contribution in [0.5, 0.6) is 0 Å². The van der Waals surface area contributed by atoms with Crippen LogP contribution >= 0.6 is 11.6 Å². The normalized spacial score (nSPS) is 10.4. The van der Waals surface area contributed by atoms with Crippen molar-refractivity contribution in [3.05, 3.63) is 271 Å². The van der Waals surface area contributed by atoms with E-state index in [1.165, 1.54) is 76.2 Å². The minimum Gasteiger partial charge on any atom is -0.361 e. The van der Waals surface area contributed by atoms with Crippen molar-refractivity contribution >= 4 is 61.7 Å². The second kappa shape index (κ2) is 25.0. The minimum atomic E-state index is -0.712. The van der Waals surface area contributed by atoms with Crippen LogP contribution in [0.1, 0.15) is 32.6 Å². The molecule has 6 aromatic carbocycles. The van der Waals surface area contributed by atoms with Crippen LogP contribution in [0, 0.1) is 24.4 Å². The molecule has 0 aliphatic rings. The first-order valence-corrected chi connectivity index (χ1v) is 22.7. The van der Waals surface area contributed by atoms with Gasteiger partial charge in [-0.25, -0.2) is 13.2 Å². The van der Waals surface area contributed by atoms with E-state index in [1.807, 2.05) is 90.5 Å². The second-order valence-electron chi connectivity index (χ2n) is 15.8. The molecule has 0 fully saturated rings. The Morgan fingerprint density at radius 2 is 1.07 bits per heavy atom. The Balaban J connectivity index is 0.000000144. The molecular weight excluding hydrogens is 905 g/mol. The number of amides is 1. The molecule has 11 aromatic rings. The number of pyridine rings is 2. The molecule has 11 rings (SSSR count). The zero-order valence-corrected chi connectivity index (χ0v) is 38.9. The first-order chi connectivity index (χ1) is 34.1. The highest BCUT2D eigenvalue weighted by Gasteiger charge is 2.22. The summed E-state index contributed by atoms with van der Waals surface area (Å²) in [5, 5.41) is 5.79. The molecular formula is C58H48ClF3N6O2. The molecule has 0 atom stereocenters. The number of Topliss-reactive ketones (excluding diaryl/α,β-unsaturated/α-hetero) is 1. The van der Waals surface area contributed by atoms with E-state index in [0.717, 1.165) is 28.8 Å². The van der Waals surface area contributed by atoms with Gasteiger partial charge in [0.25, 0.3) is 11.7 Å². The first kappa shape index (κ1) is 49.4. The molecule has 1 amide bonds. The molecule has 70 heavy (non-hydrogen) atoms. The topological polar surface area (TPSA) is 97.6 Å². The van der Waals surface area contributed by atoms with Gasteiger partial charge >= 0.3 is 0 Å². The first-order valence-electron chi connectivity index (χ1n) is 22.2. The average Bonchev–Trinajstić information content (AvgIpc) is 4.15. The highest BCUT2D eigenvalue weighted by molar-refractivity contribution is 6.48. The van der Waals surface area contributed by atoms with Crippen molar-refractivity contribution in [2.75, 3.05) is 5.32 Å². The number of rotatable bonds is 8. The number of anilines is 1. The van der Waals surface area contributed by atoms with E-state index in [-0.39, 0.29) is 17.5 Å². The number of carbonyl (C=O) groups excluding carboxylic acids is 2. The van der Waals surface area contributed by atoms with Crippen molar-refractivity contribution < 1.29 is 22.8 Å². The zero-order valence-electron chi connectivity index (χ0n) is 38.1. The monoisotopic (exact) mass is 952 g/mol. The molecule has 0 radical (unpaired) electrons.